The van der Waals surface area contributed by atoms with Crippen molar-refractivity contribution in [2.45, 2.75) is 20.4 Å². The molecule has 114 valence electrons. The summed E-state index contributed by atoms with van der Waals surface area (Å²) in [5.41, 5.74) is 1.29. The lowest BCUT2D eigenvalue weighted by atomic mass is 10.0. The Labute approximate surface area is 127 Å². The summed E-state index contributed by atoms with van der Waals surface area (Å²) >= 11 is 0. The van der Waals surface area contributed by atoms with E-state index in [4.69, 9.17) is 9.47 Å². The minimum atomic E-state index is 0.593. The molecular weight excluding hydrogens is 262 g/mol. The fourth-order valence-electron chi connectivity index (χ4n) is 2.35. The van der Waals surface area contributed by atoms with Gasteiger partial charge in [0.25, 0.3) is 0 Å². The topological polar surface area (TPSA) is 30.5 Å². The molecule has 1 N–H and O–H groups in total. The maximum Gasteiger partial charge on any atom is 0.126 e. The number of benzene rings is 2. The Morgan fingerprint density at radius 1 is 1.05 bits per heavy atom. The monoisotopic (exact) mass is 287 g/mol. The third-order valence-corrected chi connectivity index (χ3v) is 3.38. The summed E-state index contributed by atoms with van der Waals surface area (Å²) < 4.78 is 11.0. The van der Waals surface area contributed by atoms with Crippen molar-refractivity contribution in [1.82, 2.24) is 5.32 Å². The summed E-state index contributed by atoms with van der Waals surface area (Å²) in [4.78, 5) is 0. The third kappa shape index (κ3) is 4.45. The molecule has 0 unspecified atom stereocenters. The molecule has 0 heterocycles. The number of nitrogens with one attached hydrogen (secondary N) is 1. The average Bonchev–Trinajstić information content (AvgIpc) is 2.50. The molecule has 0 aliphatic carbocycles. The van der Waals surface area contributed by atoms with Crippen LogP contribution in [0.25, 0.3) is 10.8 Å². The summed E-state index contributed by atoms with van der Waals surface area (Å²) in [6, 6.07) is 12.5. The van der Waals surface area contributed by atoms with Gasteiger partial charge in [-0.1, -0.05) is 44.2 Å². The molecule has 3 heteroatoms. The van der Waals surface area contributed by atoms with Gasteiger partial charge in [-0.15, -0.1) is 0 Å². The van der Waals surface area contributed by atoms with E-state index in [2.05, 4.69) is 43.4 Å². The van der Waals surface area contributed by atoms with Crippen LogP contribution in [0.4, 0.5) is 0 Å². The summed E-state index contributed by atoms with van der Waals surface area (Å²) in [7, 11) is 1.71. The van der Waals surface area contributed by atoms with Crippen LogP contribution in [0.5, 0.6) is 5.75 Å². The highest BCUT2D eigenvalue weighted by molar-refractivity contribution is 5.91. The Kier molecular flexibility index (Phi) is 6.03. The molecular formula is C18H25NO2. The van der Waals surface area contributed by atoms with Crippen molar-refractivity contribution >= 4 is 10.8 Å². The average molecular weight is 287 g/mol. The van der Waals surface area contributed by atoms with E-state index in [0.717, 1.165) is 37.4 Å². The van der Waals surface area contributed by atoms with Crippen LogP contribution < -0.4 is 10.1 Å². The second-order valence-electron chi connectivity index (χ2n) is 5.62. The number of ether oxygens (including phenoxy) is 2. The van der Waals surface area contributed by atoms with Crippen LogP contribution in [-0.2, 0) is 11.3 Å². The molecule has 3 nitrogen and oxygen atoms in total. The van der Waals surface area contributed by atoms with Crippen molar-refractivity contribution in [2.24, 2.45) is 5.92 Å². The van der Waals surface area contributed by atoms with Gasteiger partial charge in [0.05, 0.1) is 13.7 Å². The summed E-state index contributed by atoms with van der Waals surface area (Å²) in [6.07, 6.45) is 0. The maximum atomic E-state index is 5.57. The third-order valence-electron chi connectivity index (χ3n) is 3.38. The van der Waals surface area contributed by atoms with Gasteiger partial charge in [0, 0.05) is 25.1 Å². The molecule has 2 rings (SSSR count). The quantitative estimate of drug-likeness (QED) is 0.752. The Bertz CT molecular complexity index is 566. The Balaban J connectivity index is 1.93. The predicted octanol–water partition coefficient (Wildman–Crippen LogP) is 3.61. The molecule has 0 spiro atoms. The molecule has 2 aromatic carbocycles. The summed E-state index contributed by atoms with van der Waals surface area (Å²) in [5, 5.41) is 5.84. The Morgan fingerprint density at radius 3 is 2.52 bits per heavy atom. The van der Waals surface area contributed by atoms with Gasteiger partial charge in [-0.05, 0) is 22.9 Å². The summed E-state index contributed by atoms with van der Waals surface area (Å²) in [5.74, 6) is 1.52. The van der Waals surface area contributed by atoms with Gasteiger partial charge >= 0.3 is 0 Å². The first-order valence-electron chi connectivity index (χ1n) is 7.55. The van der Waals surface area contributed by atoms with Crippen LogP contribution in [0, 0.1) is 5.92 Å². The lowest BCUT2D eigenvalue weighted by molar-refractivity contribution is 0.111. The van der Waals surface area contributed by atoms with E-state index in [-0.39, 0.29) is 0 Å². The van der Waals surface area contributed by atoms with E-state index in [1.807, 2.05) is 12.1 Å². The van der Waals surface area contributed by atoms with Gasteiger partial charge in [-0.3, -0.25) is 0 Å². The van der Waals surface area contributed by atoms with Crippen molar-refractivity contribution in [3.05, 3.63) is 42.0 Å². The first-order valence-corrected chi connectivity index (χ1v) is 7.55. The van der Waals surface area contributed by atoms with Crippen molar-refractivity contribution < 1.29 is 9.47 Å². The van der Waals surface area contributed by atoms with Gasteiger partial charge in [0.15, 0.2) is 0 Å². The molecule has 0 fully saturated rings. The molecule has 2 aromatic rings. The number of rotatable bonds is 8. The molecule has 0 amide bonds. The number of hydrogen-bond donors (Lipinski definition) is 1. The first-order chi connectivity index (χ1) is 10.2. The minimum Gasteiger partial charge on any atom is -0.496 e. The molecule has 0 aromatic heterocycles. The zero-order chi connectivity index (χ0) is 15.1. The van der Waals surface area contributed by atoms with Gasteiger partial charge in [0.1, 0.15) is 5.75 Å². The number of fused-ring (bicyclic) bond motifs is 1. The van der Waals surface area contributed by atoms with Crippen molar-refractivity contribution in [2.75, 3.05) is 26.9 Å². The lowest BCUT2D eigenvalue weighted by Gasteiger charge is -2.12. The molecule has 0 saturated heterocycles. The predicted molar refractivity (Wildman–Crippen MR) is 87.9 cm³/mol. The first kappa shape index (κ1) is 15.8. The van der Waals surface area contributed by atoms with E-state index < -0.39 is 0 Å². The highest BCUT2D eigenvalue weighted by Gasteiger charge is 2.05. The minimum absolute atomic E-state index is 0.593. The van der Waals surface area contributed by atoms with Crippen LogP contribution in [0.2, 0.25) is 0 Å². The fraction of sp³-hybridized carbons (Fsp3) is 0.444. The van der Waals surface area contributed by atoms with E-state index in [1.165, 1.54) is 10.9 Å². The van der Waals surface area contributed by atoms with Crippen molar-refractivity contribution in [1.29, 1.82) is 0 Å². The number of methoxy groups -OCH3 is 1. The smallest absolute Gasteiger partial charge is 0.126 e. The van der Waals surface area contributed by atoms with Gasteiger partial charge < -0.3 is 14.8 Å². The molecule has 0 atom stereocenters. The molecule has 0 radical (unpaired) electrons. The van der Waals surface area contributed by atoms with Crippen LogP contribution in [0.3, 0.4) is 0 Å². The largest absolute Gasteiger partial charge is 0.496 e. The zero-order valence-electron chi connectivity index (χ0n) is 13.2. The zero-order valence-corrected chi connectivity index (χ0v) is 13.2. The number of hydrogen-bond acceptors (Lipinski definition) is 3. The Hall–Kier alpha value is -1.58. The van der Waals surface area contributed by atoms with E-state index in [0.29, 0.717) is 5.92 Å². The van der Waals surface area contributed by atoms with Gasteiger partial charge in [0.2, 0.25) is 0 Å². The molecule has 0 saturated carbocycles. The second-order valence-corrected chi connectivity index (χ2v) is 5.62. The SMILES string of the molecule is COc1ccc(CNCCOCC(C)C)c2ccccc12. The van der Waals surface area contributed by atoms with Crippen molar-refractivity contribution in [3.8, 4) is 5.75 Å². The standard InChI is InChI=1S/C18H25NO2/c1-14(2)13-21-11-10-19-12-15-8-9-18(20-3)17-7-5-4-6-16(15)17/h4-9,14,19H,10-13H2,1-3H3. The molecule has 0 aliphatic heterocycles. The van der Waals surface area contributed by atoms with Crippen LogP contribution >= 0.6 is 0 Å². The van der Waals surface area contributed by atoms with Crippen LogP contribution in [0.15, 0.2) is 36.4 Å². The van der Waals surface area contributed by atoms with Crippen LogP contribution in [-0.4, -0.2) is 26.9 Å². The lowest BCUT2D eigenvalue weighted by Crippen LogP contribution is -2.20. The Morgan fingerprint density at radius 2 is 1.81 bits per heavy atom. The van der Waals surface area contributed by atoms with Gasteiger partial charge in [-0.25, -0.2) is 0 Å². The highest BCUT2D eigenvalue weighted by atomic mass is 16.5. The van der Waals surface area contributed by atoms with Crippen LogP contribution in [0.1, 0.15) is 19.4 Å². The molecule has 0 bridgehead atoms. The normalized spacial score (nSPS) is 11.2. The molecule has 0 aliphatic rings. The van der Waals surface area contributed by atoms with E-state index in [1.54, 1.807) is 7.11 Å². The van der Waals surface area contributed by atoms with Gasteiger partial charge in [-0.2, -0.15) is 0 Å². The summed E-state index contributed by atoms with van der Waals surface area (Å²) in [6.45, 7) is 7.62. The van der Waals surface area contributed by atoms with Crippen molar-refractivity contribution in [3.63, 3.8) is 0 Å². The highest BCUT2D eigenvalue weighted by Crippen LogP contribution is 2.28. The second kappa shape index (κ2) is 8.01. The maximum absolute atomic E-state index is 5.57. The fourth-order valence-corrected chi connectivity index (χ4v) is 2.35. The van der Waals surface area contributed by atoms with E-state index in [9.17, 15) is 0 Å². The molecule has 21 heavy (non-hydrogen) atoms. The van der Waals surface area contributed by atoms with E-state index >= 15 is 0 Å².